The Bertz CT molecular complexity index is 560. The molecule has 0 amide bonds. The van der Waals surface area contributed by atoms with Crippen LogP contribution in [0, 0.1) is 5.82 Å². The van der Waals surface area contributed by atoms with Gasteiger partial charge >= 0.3 is 0 Å². The zero-order valence-corrected chi connectivity index (χ0v) is 9.46. The van der Waals surface area contributed by atoms with Gasteiger partial charge in [-0.2, -0.15) is 0 Å². The predicted molar refractivity (Wildman–Crippen MR) is 69.5 cm³/mol. The highest BCUT2D eigenvalue weighted by Gasteiger charge is 2.10. The van der Waals surface area contributed by atoms with Gasteiger partial charge in [0.05, 0.1) is 0 Å². The van der Waals surface area contributed by atoms with Gasteiger partial charge in [0.1, 0.15) is 5.82 Å². The molecular formula is C13H13BFN2. The molecule has 0 bridgehead atoms. The van der Waals surface area contributed by atoms with Crippen molar-refractivity contribution in [2.24, 2.45) is 0 Å². The van der Waals surface area contributed by atoms with E-state index in [2.05, 4.69) is 16.4 Å². The van der Waals surface area contributed by atoms with Crippen LogP contribution in [0.3, 0.4) is 0 Å². The average molecular weight is 227 g/mol. The molecule has 4 heteroatoms. The molecule has 0 aliphatic carbocycles. The standard InChI is InChI=1S/C13H13FN2.B/c14-10-1-2-11-12(8-16-13(11)7-10)9-3-5-15-6-4-9;/h1-3,7-8,15-16H,4-6H2;. The number of halogens is 1. The van der Waals surface area contributed by atoms with E-state index in [1.54, 1.807) is 6.07 Å². The van der Waals surface area contributed by atoms with Gasteiger partial charge in [0.25, 0.3) is 0 Å². The smallest absolute Gasteiger partial charge is 0.125 e. The quantitative estimate of drug-likeness (QED) is 0.719. The number of hydrogen-bond donors (Lipinski definition) is 2. The Kier molecular flexibility index (Phi) is 3.34. The normalized spacial score (nSPS) is 15.5. The number of hydrogen-bond acceptors (Lipinski definition) is 1. The van der Waals surface area contributed by atoms with Crippen LogP contribution in [0.15, 0.2) is 30.5 Å². The second-order valence-electron chi connectivity index (χ2n) is 4.08. The van der Waals surface area contributed by atoms with Gasteiger partial charge in [-0.3, -0.25) is 0 Å². The molecule has 0 unspecified atom stereocenters. The van der Waals surface area contributed by atoms with E-state index in [4.69, 9.17) is 0 Å². The second-order valence-corrected chi connectivity index (χ2v) is 4.08. The molecule has 0 saturated carbocycles. The molecule has 0 spiro atoms. The van der Waals surface area contributed by atoms with Crippen molar-refractivity contribution in [2.75, 3.05) is 13.1 Å². The Morgan fingerprint density at radius 1 is 1.24 bits per heavy atom. The van der Waals surface area contributed by atoms with Gasteiger partial charge in [0.15, 0.2) is 0 Å². The maximum absolute atomic E-state index is 13.0. The molecular weight excluding hydrogens is 214 g/mol. The fourth-order valence-corrected chi connectivity index (χ4v) is 2.23. The molecule has 2 nitrogen and oxygen atoms in total. The minimum absolute atomic E-state index is 0. The number of benzene rings is 1. The summed E-state index contributed by atoms with van der Waals surface area (Å²) in [6.45, 7) is 1.93. The van der Waals surface area contributed by atoms with Gasteiger partial charge in [-0.1, -0.05) is 6.08 Å². The van der Waals surface area contributed by atoms with E-state index in [0.717, 1.165) is 30.4 Å². The Morgan fingerprint density at radius 2 is 2.12 bits per heavy atom. The number of rotatable bonds is 1. The van der Waals surface area contributed by atoms with E-state index in [-0.39, 0.29) is 14.2 Å². The Morgan fingerprint density at radius 3 is 2.88 bits per heavy atom. The molecule has 3 radical (unpaired) electrons. The Balaban J connectivity index is 0.00000108. The molecule has 1 aromatic carbocycles. The van der Waals surface area contributed by atoms with Crippen LogP contribution in [0.25, 0.3) is 16.5 Å². The lowest BCUT2D eigenvalue weighted by atomic mass is 10.00. The van der Waals surface area contributed by atoms with Crippen LogP contribution in [0.2, 0.25) is 0 Å². The molecule has 1 aliphatic heterocycles. The molecule has 85 valence electrons. The van der Waals surface area contributed by atoms with E-state index in [1.165, 1.54) is 17.2 Å². The first-order valence-corrected chi connectivity index (χ1v) is 5.51. The summed E-state index contributed by atoms with van der Waals surface area (Å²) in [4.78, 5) is 3.13. The summed E-state index contributed by atoms with van der Waals surface area (Å²) in [6.07, 6.45) is 5.21. The molecule has 1 aliphatic rings. The van der Waals surface area contributed by atoms with Crippen molar-refractivity contribution in [3.05, 3.63) is 41.9 Å². The molecule has 2 aromatic rings. The fourth-order valence-electron chi connectivity index (χ4n) is 2.23. The zero-order chi connectivity index (χ0) is 11.0. The molecule has 2 N–H and O–H groups in total. The topological polar surface area (TPSA) is 27.8 Å². The molecule has 1 aromatic heterocycles. The van der Waals surface area contributed by atoms with Crippen molar-refractivity contribution < 1.29 is 4.39 Å². The minimum Gasteiger partial charge on any atom is -0.360 e. The van der Waals surface area contributed by atoms with Gasteiger partial charge in [0.2, 0.25) is 0 Å². The fraction of sp³-hybridized carbons (Fsp3) is 0.231. The van der Waals surface area contributed by atoms with E-state index in [9.17, 15) is 4.39 Å². The van der Waals surface area contributed by atoms with Crippen LogP contribution in [-0.2, 0) is 0 Å². The lowest BCUT2D eigenvalue weighted by molar-refractivity contribution is 0.629. The number of aromatic nitrogens is 1. The monoisotopic (exact) mass is 227 g/mol. The predicted octanol–water partition coefficient (Wildman–Crippen LogP) is 2.30. The highest BCUT2D eigenvalue weighted by Crippen LogP contribution is 2.28. The van der Waals surface area contributed by atoms with Gasteiger partial charge in [0, 0.05) is 37.6 Å². The van der Waals surface area contributed by atoms with Gasteiger partial charge in [-0.05, 0) is 36.7 Å². The molecule has 2 heterocycles. The lowest BCUT2D eigenvalue weighted by Crippen LogP contribution is -2.19. The lowest BCUT2D eigenvalue weighted by Gasteiger charge is -2.13. The Hall–Kier alpha value is -1.55. The summed E-state index contributed by atoms with van der Waals surface area (Å²) in [5, 5.41) is 4.39. The third kappa shape index (κ3) is 2.13. The number of nitrogens with one attached hydrogen (secondary N) is 2. The highest BCUT2D eigenvalue weighted by molar-refractivity contribution is 5.92. The summed E-state index contributed by atoms with van der Waals surface area (Å²) in [5.41, 5.74) is 3.42. The summed E-state index contributed by atoms with van der Waals surface area (Å²) >= 11 is 0. The van der Waals surface area contributed by atoms with Crippen LogP contribution in [0.1, 0.15) is 12.0 Å². The maximum atomic E-state index is 13.0. The first kappa shape index (κ1) is 11.9. The minimum atomic E-state index is -0.194. The largest absolute Gasteiger partial charge is 0.360 e. The molecule has 3 rings (SSSR count). The molecule has 0 saturated heterocycles. The number of aromatic amines is 1. The third-order valence-corrected chi connectivity index (χ3v) is 3.05. The summed E-state index contributed by atoms with van der Waals surface area (Å²) in [6, 6.07) is 4.90. The van der Waals surface area contributed by atoms with Crippen LogP contribution < -0.4 is 5.32 Å². The van der Waals surface area contributed by atoms with Crippen LogP contribution in [0.5, 0.6) is 0 Å². The zero-order valence-electron chi connectivity index (χ0n) is 9.46. The van der Waals surface area contributed by atoms with Crippen molar-refractivity contribution in [3.63, 3.8) is 0 Å². The third-order valence-electron chi connectivity index (χ3n) is 3.05. The van der Waals surface area contributed by atoms with Crippen molar-refractivity contribution in [1.82, 2.24) is 10.3 Å². The van der Waals surface area contributed by atoms with Crippen LogP contribution in [-0.4, -0.2) is 26.5 Å². The van der Waals surface area contributed by atoms with Gasteiger partial charge < -0.3 is 10.3 Å². The van der Waals surface area contributed by atoms with E-state index in [1.807, 2.05) is 12.3 Å². The highest BCUT2D eigenvalue weighted by atomic mass is 19.1. The summed E-state index contributed by atoms with van der Waals surface area (Å²) < 4.78 is 13.0. The van der Waals surface area contributed by atoms with Crippen LogP contribution >= 0.6 is 0 Å². The first-order chi connectivity index (χ1) is 7.84. The summed E-state index contributed by atoms with van der Waals surface area (Å²) in [5.74, 6) is -0.194. The first-order valence-electron chi connectivity index (χ1n) is 5.51. The van der Waals surface area contributed by atoms with Crippen LogP contribution in [0.4, 0.5) is 4.39 Å². The number of H-pyrrole nitrogens is 1. The molecule has 0 fully saturated rings. The number of fused-ring (bicyclic) bond motifs is 1. The van der Waals surface area contributed by atoms with E-state index in [0.29, 0.717) is 0 Å². The van der Waals surface area contributed by atoms with Crippen molar-refractivity contribution in [2.45, 2.75) is 6.42 Å². The average Bonchev–Trinajstić information content (AvgIpc) is 2.73. The summed E-state index contributed by atoms with van der Waals surface area (Å²) in [7, 11) is 0. The molecule has 0 atom stereocenters. The maximum Gasteiger partial charge on any atom is 0.125 e. The van der Waals surface area contributed by atoms with E-state index < -0.39 is 0 Å². The van der Waals surface area contributed by atoms with Crippen molar-refractivity contribution in [1.29, 1.82) is 0 Å². The van der Waals surface area contributed by atoms with Crippen molar-refractivity contribution in [3.8, 4) is 0 Å². The molecule has 17 heavy (non-hydrogen) atoms. The van der Waals surface area contributed by atoms with Gasteiger partial charge in [-0.15, -0.1) is 0 Å². The second kappa shape index (κ2) is 4.76. The van der Waals surface area contributed by atoms with Crippen molar-refractivity contribution >= 4 is 24.9 Å². The van der Waals surface area contributed by atoms with Gasteiger partial charge in [-0.25, -0.2) is 4.39 Å². The SMILES string of the molecule is Fc1ccc2c(C3=CCNCC3)c[nH]c2c1.[B]. The van der Waals surface area contributed by atoms with E-state index >= 15 is 0 Å². The Labute approximate surface area is 101 Å².